The Bertz CT molecular complexity index is 602. The van der Waals surface area contributed by atoms with Crippen LogP contribution in [0.5, 0.6) is 0 Å². The molecule has 0 spiro atoms. The number of fused-ring (bicyclic) bond motifs is 1. The molecule has 0 atom stereocenters. The molecule has 23 heavy (non-hydrogen) atoms. The maximum Gasteiger partial charge on any atom is 0.449 e. The van der Waals surface area contributed by atoms with Gasteiger partial charge in [0.15, 0.2) is 5.82 Å². The molecule has 9 heteroatoms. The maximum absolute atomic E-state index is 13.1. The molecular formula is C14H21F3N4O2. The second-order valence-corrected chi connectivity index (χ2v) is 6.65. The van der Waals surface area contributed by atoms with E-state index < -0.39 is 23.7 Å². The third-order valence-corrected chi connectivity index (χ3v) is 3.31. The number of alkyl halides is 3. The summed E-state index contributed by atoms with van der Waals surface area (Å²) in [7, 11) is 3.24. The van der Waals surface area contributed by atoms with Crippen molar-refractivity contribution in [3.05, 3.63) is 11.5 Å². The van der Waals surface area contributed by atoms with Gasteiger partial charge in [-0.05, 0) is 20.8 Å². The van der Waals surface area contributed by atoms with E-state index in [0.717, 1.165) is 4.57 Å². The smallest absolute Gasteiger partial charge is 0.444 e. The first-order chi connectivity index (χ1) is 10.4. The van der Waals surface area contributed by atoms with Crippen LogP contribution in [0, 0.1) is 0 Å². The molecule has 130 valence electrons. The van der Waals surface area contributed by atoms with Crippen molar-refractivity contribution in [1.29, 1.82) is 0 Å². The highest BCUT2D eigenvalue weighted by Gasteiger charge is 2.41. The Morgan fingerprint density at radius 2 is 1.83 bits per heavy atom. The van der Waals surface area contributed by atoms with Crippen molar-refractivity contribution in [1.82, 2.24) is 14.5 Å². The van der Waals surface area contributed by atoms with Crippen LogP contribution >= 0.6 is 0 Å². The van der Waals surface area contributed by atoms with Crippen LogP contribution < -0.4 is 4.90 Å². The van der Waals surface area contributed by atoms with Crippen LogP contribution in [0.3, 0.4) is 0 Å². The number of anilines is 1. The Morgan fingerprint density at radius 3 is 2.30 bits per heavy atom. The normalized spacial score (nSPS) is 15.4. The van der Waals surface area contributed by atoms with E-state index in [1.165, 1.54) is 9.80 Å². The zero-order valence-electron chi connectivity index (χ0n) is 13.9. The molecular weight excluding hydrogens is 313 g/mol. The van der Waals surface area contributed by atoms with Crippen LogP contribution in [0.1, 0.15) is 32.3 Å². The largest absolute Gasteiger partial charge is 0.449 e. The van der Waals surface area contributed by atoms with Gasteiger partial charge in [0.2, 0.25) is 5.82 Å². The summed E-state index contributed by atoms with van der Waals surface area (Å²) in [4.78, 5) is 18.8. The number of rotatable bonds is 1. The lowest BCUT2D eigenvalue weighted by Gasteiger charge is -2.32. The highest BCUT2D eigenvalue weighted by atomic mass is 19.4. The number of nitrogens with zero attached hydrogens (tertiary/aromatic N) is 4. The minimum absolute atomic E-state index is 0.0320. The summed E-state index contributed by atoms with van der Waals surface area (Å²) < 4.78 is 45.8. The number of aromatic nitrogens is 2. The number of imidazole rings is 1. The SMILES string of the molecule is CN(C)c1nc(C(F)(F)F)n2c1CN(C(=O)OC(C)(C)C)CC2. The molecule has 1 aromatic heterocycles. The highest BCUT2D eigenvalue weighted by Crippen LogP contribution is 2.35. The molecule has 0 saturated carbocycles. The van der Waals surface area contributed by atoms with E-state index in [0.29, 0.717) is 5.69 Å². The second kappa shape index (κ2) is 5.61. The summed E-state index contributed by atoms with van der Waals surface area (Å²) >= 11 is 0. The first kappa shape index (κ1) is 17.4. The van der Waals surface area contributed by atoms with E-state index >= 15 is 0 Å². The van der Waals surface area contributed by atoms with Crippen molar-refractivity contribution in [3.8, 4) is 0 Å². The average molecular weight is 334 g/mol. The molecule has 6 nitrogen and oxygen atoms in total. The number of carbonyl (C=O) groups is 1. The van der Waals surface area contributed by atoms with Crippen molar-refractivity contribution in [3.63, 3.8) is 0 Å². The molecule has 0 aliphatic carbocycles. The van der Waals surface area contributed by atoms with Gasteiger partial charge in [-0.2, -0.15) is 13.2 Å². The molecule has 0 aromatic carbocycles. The standard InChI is InChI=1S/C14H21F3N4O2/c1-13(2,3)23-12(22)20-6-7-21-9(8-20)10(19(4)5)18-11(21)14(15,16)17/h6-8H2,1-5H3. The quantitative estimate of drug-likeness (QED) is 0.792. The molecule has 0 saturated heterocycles. The molecule has 0 unspecified atom stereocenters. The summed E-state index contributed by atoms with van der Waals surface area (Å²) in [5.41, 5.74) is -0.296. The average Bonchev–Trinajstić information content (AvgIpc) is 2.74. The van der Waals surface area contributed by atoms with Crippen LogP contribution in [0.25, 0.3) is 0 Å². The Balaban J connectivity index is 2.33. The van der Waals surface area contributed by atoms with Gasteiger partial charge in [-0.25, -0.2) is 9.78 Å². The fraction of sp³-hybridized carbons (Fsp3) is 0.714. The lowest BCUT2D eigenvalue weighted by Crippen LogP contribution is -2.42. The summed E-state index contributed by atoms with van der Waals surface area (Å²) in [5, 5.41) is 0. The molecule has 1 amide bonds. The number of carbonyl (C=O) groups excluding carboxylic acids is 1. The van der Waals surface area contributed by atoms with E-state index in [1.54, 1.807) is 34.9 Å². The topological polar surface area (TPSA) is 50.6 Å². The molecule has 1 aromatic rings. The second-order valence-electron chi connectivity index (χ2n) is 6.65. The van der Waals surface area contributed by atoms with Crippen LogP contribution in [0.4, 0.5) is 23.8 Å². The van der Waals surface area contributed by atoms with Gasteiger partial charge in [0.05, 0.1) is 12.2 Å². The minimum atomic E-state index is -4.53. The Labute approximate surface area is 132 Å². The van der Waals surface area contributed by atoms with Gasteiger partial charge in [0.25, 0.3) is 0 Å². The van der Waals surface area contributed by atoms with Crippen molar-refractivity contribution in [2.24, 2.45) is 0 Å². The number of amides is 1. The van der Waals surface area contributed by atoms with E-state index in [9.17, 15) is 18.0 Å². The van der Waals surface area contributed by atoms with Crippen molar-refractivity contribution >= 4 is 11.9 Å². The maximum atomic E-state index is 13.1. The molecule has 0 fully saturated rings. The van der Waals surface area contributed by atoms with Gasteiger partial charge in [-0.1, -0.05) is 0 Å². The van der Waals surface area contributed by atoms with E-state index in [2.05, 4.69) is 4.98 Å². The predicted molar refractivity (Wildman–Crippen MR) is 78.2 cm³/mol. The summed E-state index contributed by atoms with van der Waals surface area (Å²) in [6.45, 7) is 5.44. The zero-order valence-corrected chi connectivity index (χ0v) is 13.9. The monoisotopic (exact) mass is 334 g/mol. The Hall–Kier alpha value is -1.93. The summed E-state index contributed by atoms with van der Waals surface area (Å²) in [6.07, 6.45) is -5.07. The molecule has 0 bridgehead atoms. The highest BCUT2D eigenvalue weighted by molar-refractivity contribution is 5.68. The first-order valence-electron chi connectivity index (χ1n) is 7.22. The number of halogens is 3. The number of ether oxygens (including phenoxy) is 1. The molecule has 0 N–H and O–H groups in total. The molecule has 1 aliphatic heterocycles. The predicted octanol–water partition coefficient (Wildman–Crippen LogP) is 2.72. The summed E-state index contributed by atoms with van der Waals surface area (Å²) in [5.74, 6) is -0.717. The van der Waals surface area contributed by atoms with Gasteiger partial charge in [-0.15, -0.1) is 0 Å². The molecule has 2 heterocycles. The minimum Gasteiger partial charge on any atom is -0.444 e. The number of hydrogen-bond donors (Lipinski definition) is 0. The van der Waals surface area contributed by atoms with Gasteiger partial charge in [0.1, 0.15) is 5.60 Å². The molecule has 0 radical (unpaired) electrons. The lowest BCUT2D eigenvalue weighted by molar-refractivity contribution is -0.147. The first-order valence-corrected chi connectivity index (χ1v) is 7.22. The van der Waals surface area contributed by atoms with Gasteiger partial charge in [-0.3, -0.25) is 0 Å². The van der Waals surface area contributed by atoms with Gasteiger partial charge >= 0.3 is 12.3 Å². The van der Waals surface area contributed by atoms with E-state index in [4.69, 9.17) is 4.74 Å². The fourth-order valence-electron chi connectivity index (χ4n) is 2.41. The van der Waals surface area contributed by atoms with Crippen molar-refractivity contribution in [2.75, 3.05) is 25.5 Å². The van der Waals surface area contributed by atoms with Crippen LogP contribution in [-0.2, 0) is 24.0 Å². The van der Waals surface area contributed by atoms with Crippen molar-refractivity contribution in [2.45, 2.75) is 45.6 Å². The number of hydrogen-bond acceptors (Lipinski definition) is 4. The third-order valence-electron chi connectivity index (χ3n) is 3.31. The Kier molecular flexibility index (Phi) is 4.25. The van der Waals surface area contributed by atoms with Crippen LogP contribution in [0.2, 0.25) is 0 Å². The van der Waals surface area contributed by atoms with E-state index in [1.807, 2.05) is 0 Å². The van der Waals surface area contributed by atoms with Crippen molar-refractivity contribution < 1.29 is 22.7 Å². The molecule has 1 aliphatic rings. The Morgan fingerprint density at radius 1 is 1.22 bits per heavy atom. The fourth-order valence-corrected chi connectivity index (χ4v) is 2.41. The van der Waals surface area contributed by atoms with Crippen LogP contribution in [0.15, 0.2) is 0 Å². The summed E-state index contributed by atoms with van der Waals surface area (Å²) in [6, 6.07) is 0. The third kappa shape index (κ3) is 3.70. The zero-order chi connectivity index (χ0) is 17.6. The van der Waals surface area contributed by atoms with Gasteiger partial charge < -0.3 is 19.1 Å². The lowest BCUT2D eigenvalue weighted by atomic mass is 10.2. The van der Waals surface area contributed by atoms with Crippen LogP contribution in [-0.4, -0.2) is 46.8 Å². The molecule has 2 rings (SSSR count). The van der Waals surface area contributed by atoms with Gasteiger partial charge in [0, 0.05) is 27.2 Å². The van der Waals surface area contributed by atoms with E-state index in [-0.39, 0.29) is 25.5 Å².